The Balaban J connectivity index is 1.34. The molecule has 14 heteroatoms. The third-order valence-corrected chi connectivity index (χ3v) is 10.0. The van der Waals surface area contributed by atoms with Crippen molar-refractivity contribution in [3.8, 4) is 17.2 Å². The highest BCUT2D eigenvalue weighted by Crippen LogP contribution is 2.49. The minimum Gasteiger partial charge on any atom is -0.444 e. The van der Waals surface area contributed by atoms with Crippen molar-refractivity contribution in [2.45, 2.75) is 90.9 Å². The van der Waals surface area contributed by atoms with Crippen LogP contribution in [0.4, 0.5) is 29.1 Å². The molecule has 3 aliphatic rings. The van der Waals surface area contributed by atoms with Crippen molar-refractivity contribution >= 4 is 55.2 Å². The predicted octanol–water partition coefficient (Wildman–Crippen LogP) is 7.63. The second-order valence-corrected chi connectivity index (χ2v) is 15.6. The van der Waals surface area contributed by atoms with E-state index in [1.165, 1.54) is 12.1 Å². The number of ether oxygens (including phenoxy) is 3. The number of nitrogens with zero attached hydrogens (tertiary/aromatic N) is 5. The van der Waals surface area contributed by atoms with Gasteiger partial charge in [0.2, 0.25) is 0 Å². The number of hydrogen-bond acceptors (Lipinski definition) is 10. The van der Waals surface area contributed by atoms with Gasteiger partial charge in [0.15, 0.2) is 5.82 Å². The largest absolute Gasteiger partial charge is 0.444 e. The second-order valence-electron chi connectivity index (χ2n) is 14.6. The number of thiophene rings is 1. The quantitative estimate of drug-likeness (QED) is 0.231. The molecule has 2 fully saturated rings. The first-order valence-electron chi connectivity index (χ1n) is 16.1. The molecule has 49 heavy (non-hydrogen) atoms. The number of benzene rings is 2. The van der Waals surface area contributed by atoms with Crippen LogP contribution in [0, 0.1) is 23.0 Å². The van der Waals surface area contributed by atoms with Gasteiger partial charge in [0.1, 0.15) is 33.6 Å². The van der Waals surface area contributed by atoms with E-state index in [1.54, 1.807) is 31.9 Å². The molecule has 0 aliphatic carbocycles. The summed E-state index contributed by atoms with van der Waals surface area (Å²) in [5.41, 5.74) is 1.06. The number of halogens is 2. The third-order valence-electron chi connectivity index (χ3n) is 8.92. The third kappa shape index (κ3) is 5.78. The molecule has 2 bridgehead atoms. The van der Waals surface area contributed by atoms with Crippen LogP contribution < -0.4 is 10.2 Å². The lowest BCUT2D eigenvalue weighted by molar-refractivity contribution is 0.0209. The fourth-order valence-electron chi connectivity index (χ4n) is 7.17. The van der Waals surface area contributed by atoms with Crippen LogP contribution in [0.15, 0.2) is 18.3 Å². The molecule has 0 radical (unpaired) electrons. The summed E-state index contributed by atoms with van der Waals surface area (Å²) >= 11 is 0.880. The Morgan fingerprint density at radius 1 is 1.02 bits per heavy atom. The number of hydrogen-bond donors (Lipinski definition) is 1. The summed E-state index contributed by atoms with van der Waals surface area (Å²) in [6, 6.07) is 4.69. The average molecular weight is 691 g/mol. The van der Waals surface area contributed by atoms with Crippen LogP contribution in [0.25, 0.3) is 32.1 Å². The zero-order chi connectivity index (χ0) is 35.0. The average Bonchev–Trinajstić information content (AvgIpc) is 3.70. The van der Waals surface area contributed by atoms with E-state index in [0.717, 1.165) is 35.4 Å². The smallest absolute Gasteiger partial charge is 0.412 e. The number of carbonyl (C=O) groups is 2. The van der Waals surface area contributed by atoms with Crippen LogP contribution in [0.5, 0.6) is 0 Å². The Morgan fingerprint density at radius 3 is 2.35 bits per heavy atom. The predicted molar refractivity (Wildman–Crippen MR) is 180 cm³/mol. The summed E-state index contributed by atoms with van der Waals surface area (Å²) in [5, 5.41) is 22.2. The Labute approximate surface area is 285 Å². The fraction of sp³-hybridized carbons (Fsp3) is 0.457. The van der Waals surface area contributed by atoms with Gasteiger partial charge >= 0.3 is 12.2 Å². The van der Waals surface area contributed by atoms with Crippen molar-refractivity contribution < 1.29 is 32.6 Å². The van der Waals surface area contributed by atoms with E-state index < -0.39 is 28.9 Å². The zero-order valence-electron chi connectivity index (χ0n) is 28.1. The van der Waals surface area contributed by atoms with E-state index in [4.69, 9.17) is 14.2 Å². The molecule has 7 rings (SSSR count). The van der Waals surface area contributed by atoms with Crippen molar-refractivity contribution in [2.75, 3.05) is 23.3 Å². The maximum absolute atomic E-state index is 17.1. The number of carbonyl (C=O) groups excluding carboxylic acids is 2. The number of nitrogens with one attached hydrogen (secondary N) is 1. The highest BCUT2D eigenvalue weighted by atomic mass is 32.1. The van der Waals surface area contributed by atoms with Gasteiger partial charge in [-0.2, -0.15) is 10.4 Å². The second kappa shape index (κ2) is 11.8. The van der Waals surface area contributed by atoms with Crippen LogP contribution in [0.3, 0.4) is 0 Å². The molecule has 1 N–H and O–H groups in total. The van der Waals surface area contributed by atoms with Gasteiger partial charge in [0.05, 0.1) is 35.4 Å². The number of aromatic nitrogens is 2. The van der Waals surface area contributed by atoms with Gasteiger partial charge in [-0.05, 0) is 77.1 Å². The molecule has 3 aliphatic heterocycles. The molecule has 2 amide bonds. The molecule has 5 heterocycles. The van der Waals surface area contributed by atoms with Crippen molar-refractivity contribution in [1.82, 2.24) is 15.1 Å². The molecule has 2 unspecified atom stereocenters. The number of rotatable bonds is 3. The molecule has 2 saturated heterocycles. The number of amides is 2. The maximum atomic E-state index is 17.1. The summed E-state index contributed by atoms with van der Waals surface area (Å²) in [4.78, 5) is 29.6. The first-order chi connectivity index (χ1) is 23.1. The van der Waals surface area contributed by atoms with Crippen molar-refractivity contribution in [2.24, 2.45) is 0 Å². The number of piperazine rings is 1. The SMILES string of the molecule is CC(C)(C)OC(=O)Nc1sc2c(F)ccc(-c3c4c(c5c(N6C7CCC6CN(C(=O)OC(C)(C)C)C7)cnnc5c3F)COC4)c2c1C#N. The molecule has 2 aromatic carbocycles. The van der Waals surface area contributed by atoms with Crippen LogP contribution in [0.2, 0.25) is 0 Å². The molecule has 0 saturated carbocycles. The Hall–Kier alpha value is -4.61. The normalized spacial score (nSPS) is 18.9. The topological polar surface area (TPSA) is 130 Å². The van der Waals surface area contributed by atoms with E-state index in [2.05, 4.69) is 26.5 Å². The van der Waals surface area contributed by atoms with Gasteiger partial charge in [-0.25, -0.2) is 18.4 Å². The first-order valence-corrected chi connectivity index (χ1v) is 16.9. The Kier molecular flexibility index (Phi) is 7.91. The lowest BCUT2D eigenvalue weighted by Crippen LogP contribution is -2.56. The van der Waals surface area contributed by atoms with Gasteiger partial charge in [-0.1, -0.05) is 6.07 Å². The van der Waals surface area contributed by atoms with Gasteiger partial charge in [-0.3, -0.25) is 5.32 Å². The number of fused-ring (bicyclic) bond motifs is 6. The van der Waals surface area contributed by atoms with E-state index in [1.807, 2.05) is 20.8 Å². The van der Waals surface area contributed by atoms with E-state index in [0.29, 0.717) is 24.0 Å². The number of nitriles is 1. The van der Waals surface area contributed by atoms with Crippen LogP contribution >= 0.6 is 11.3 Å². The fourth-order valence-corrected chi connectivity index (χ4v) is 8.24. The van der Waals surface area contributed by atoms with Gasteiger partial charge < -0.3 is 24.0 Å². The molecular formula is C35H36F2N6O5S. The summed E-state index contributed by atoms with van der Waals surface area (Å²) in [5.74, 6) is -1.28. The van der Waals surface area contributed by atoms with Gasteiger partial charge in [0, 0.05) is 41.5 Å². The summed E-state index contributed by atoms with van der Waals surface area (Å²) in [7, 11) is 0. The van der Waals surface area contributed by atoms with Crippen molar-refractivity contribution in [3.63, 3.8) is 0 Å². The van der Waals surface area contributed by atoms with Crippen LogP contribution in [-0.4, -0.2) is 63.7 Å². The van der Waals surface area contributed by atoms with Gasteiger partial charge in [0.25, 0.3) is 0 Å². The minimum absolute atomic E-state index is 0.00760. The maximum Gasteiger partial charge on any atom is 0.412 e. The standard InChI is InChI=1S/C35H36F2N6O5S/c1-34(2,3)47-32(44)40-31-20(11-38)26-19(9-10-23(36)30(26)49-31)25-21-15-46-16-22(21)27-24(12-39-41-29(27)28(25)37)43-17-7-8-18(43)14-42(13-17)33(45)48-35(4,5)6/h9-10,12,17-18H,7-8,13-16H2,1-6H3,(H,40,44). The summed E-state index contributed by atoms with van der Waals surface area (Å²) < 4.78 is 49.4. The molecule has 0 spiro atoms. The summed E-state index contributed by atoms with van der Waals surface area (Å²) in [6.07, 6.45) is 2.18. The summed E-state index contributed by atoms with van der Waals surface area (Å²) in [6.45, 7) is 11.8. The number of likely N-dealkylation sites (tertiary alicyclic amines) is 1. The van der Waals surface area contributed by atoms with E-state index in [-0.39, 0.29) is 68.7 Å². The molecule has 4 aromatic rings. The van der Waals surface area contributed by atoms with Crippen LogP contribution in [-0.2, 0) is 27.4 Å². The molecule has 11 nitrogen and oxygen atoms in total. The Bertz CT molecular complexity index is 2070. The molecule has 256 valence electrons. The van der Waals surface area contributed by atoms with E-state index >= 15 is 8.78 Å². The van der Waals surface area contributed by atoms with Crippen LogP contribution in [0.1, 0.15) is 71.1 Å². The minimum atomic E-state index is -0.802. The molecule has 2 atom stereocenters. The first kappa shape index (κ1) is 32.9. The lowest BCUT2D eigenvalue weighted by atomic mass is 9.90. The molecular weight excluding hydrogens is 654 g/mol. The van der Waals surface area contributed by atoms with Crippen molar-refractivity contribution in [1.29, 1.82) is 5.26 Å². The Morgan fingerprint density at radius 2 is 1.69 bits per heavy atom. The molecule has 2 aromatic heterocycles. The highest BCUT2D eigenvalue weighted by molar-refractivity contribution is 7.23. The number of anilines is 2. The van der Waals surface area contributed by atoms with Crippen molar-refractivity contribution in [3.05, 3.63) is 46.7 Å². The monoisotopic (exact) mass is 690 g/mol. The zero-order valence-corrected chi connectivity index (χ0v) is 28.9. The lowest BCUT2D eigenvalue weighted by Gasteiger charge is -2.42. The van der Waals surface area contributed by atoms with E-state index in [9.17, 15) is 14.9 Å². The van der Waals surface area contributed by atoms with Gasteiger partial charge in [-0.15, -0.1) is 16.4 Å². The highest BCUT2D eigenvalue weighted by Gasteiger charge is 2.44.